The Morgan fingerprint density at radius 1 is 1.32 bits per heavy atom. The number of ether oxygens (including phenoxy) is 1. The summed E-state index contributed by atoms with van der Waals surface area (Å²) >= 11 is 0. The van der Waals surface area contributed by atoms with Gasteiger partial charge in [0.25, 0.3) is 0 Å². The maximum atomic E-state index is 12.0. The van der Waals surface area contributed by atoms with Crippen molar-refractivity contribution in [2.45, 2.75) is 37.8 Å². The summed E-state index contributed by atoms with van der Waals surface area (Å²) in [6.45, 7) is 1.45. The molecule has 0 saturated carbocycles. The van der Waals surface area contributed by atoms with Gasteiger partial charge >= 0.3 is 0 Å². The van der Waals surface area contributed by atoms with Gasteiger partial charge in [-0.05, 0) is 31.2 Å². The molecule has 19 heavy (non-hydrogen) atoms. The first kappa shape index (κ1) is 14.0. The van der Waals surface area contributed by atoms with E-state index in [1.807, 2.05) is 18.2 Å². The van der Waals surface area contributed by atoms with E-state index in [4.69, 9.17) is 10.5 Å². The van der Waals surface area contributed by atoms with E-state index in [9.17, 15) is 4.79 Å². The van der Waals surface area contributed by atoms with Crippen molar-refractivity contribution in [1.82, 2.24) is 5.32 Å². The van der Waals surface area contributed by atoms with Crippen LogP contribution >= 0.6 is 0 Å². The molecule has 1 unspecified atom stereocenters. The Hall–Kier alpha value is -1.39. The van der Waals surface area contributed by atoms with Crippen molar-refractivity contribution in [3.8, 4) is 0 Å². The minimum absolute atomic E-state index is 0.0390. The van der Waals surface area contributed by atoms with Crippen molar-refractivity contribution in [2.24, 2.45) is 5.73 Å². The molecule has 4 heteroatoms. The normalized spacial score (nSPS) is 17.9. The zero-order valence-electron chi connectivity index (χ0n) is 11.2. The molecule has 1 amide bonds. The topological polar surface area (TPSA) is 64.4 Å². The van der Waals surface area contributed by atoms with Crippen molar-refractivity contribution in [3.63, 3.8) is 0 Å². The van der Waals surface area contributed by atoms with Crippen LogP contribution in [0.5, 0.6) is 0 Å². The zero-order chi connectivity index (χ0) is 13.5. The number of hydrogen-bond donors (Lipinski definition) is 2. The van der Waals surface area contributed by atoms with Crippen molar-refractivity contribution in [3.05, 3.63) is 35.9 Å². The smallest absolute Gasteiger partial charge is 0.237 e. The number of amides is 1. The molecule has 1 aromatic rings. The summed E-state index contributed by atoms with van der Waals surface area (Å²) in [5, 5.41) is 3.01. The lowest BCUT2D eigenvalue weighted by Gasteiger charge is -2.24. The molecule has 0 aliphatic carbocycles. The fourth-order valence-corrected chi connectivity index (χ4v) is 2.25. The number of carbonyl (C=O) groups excluding carboxylic acids is 1. The summed E-state index contributed by atoms with van der Waals surface area (Å²) < 4.78 is 5.26. The molecule has 0 radical (unpaired) electrons. The van der Waals surface area contributed by atoms with Crippen LogP contribution in [0.1, 0.15) is 24.8 Å². The Morgan fingerprint density at radius 3 is 2.68 bits per heavy atom. The highest BCUT2D eigenvalue weighted by atomic mass is 16.5. The van der Waals surface area contributed by atoms with Gasteiger partial charge in [-0.1, -0.05) is 30.3 Å². The average molecular weight is 262 g/mol. The van der Waals surface area contributed by atoms with E-state index in [0.717, 1.165) is 32.5 Å². The molecular formula is C15H22N2O2. The SMILES string of the molecule is NC(CCc1ccccc1)C(=O)NC1CCOCC1. The fraction of sp³-hybridized carbons (Fsp3) is 0.533. The van der Waals surface area contributed by atoms with Gasteiger partial charge in [0.15, 0.2) is 0 Å². The highest BCUT2D eigenvalue weighted by Gasteiger charge is 2.19. The van der Waals surface area contributed by atoms with Crippen molar-refractivity contribution < 1.29 is 9.53 Å². The van der Waals surface area contributed by atoms with E-state index in [0.29, 0.717) is 6.42 Å². The van der Waals surface area contributed by atoms with Crippen molar-refractivity contribution in [1.29, 1.82) is 0 Å². The van der Waals surface area contributed by atoms with Gasteiger partial charge in [0, 0.05) is 19.3 Å². The van der Waals surface area contributed by atoms with Crippen LogP contribution in [0.2, 0.25) is 0 Å². The number of aryl methyl sites for hydroxylation is 1. The monoisotopic (exact) mass is 262 g/mol. The van der Waals surface area contributed by atoms with Gasteiger partial charge in [-0.3, -0.25) is 4.79 Å². The molecule has 1 heterocycles. The van der Waals surface area contributed by atoms with Crippen molar-refractivity contribution >= 4 is 5.91 Å². The summed E-state index contributed by atoms with van der Waals surface area (Å²) in [7, 11) is 0. The van der Waals surface area contributed by atoms with Gasteiger partial charge in [0.1, 0.15) is 0 Å². The molecule has 4 nitrogen and oxygen atoms in total. The number of nitrogens with two attached hydrogens (primary N) is 1. The van der Waals surface area contributed by atoms with Crippen LogP contribution in [-0.4, -0.2) is 31.2 Å². The first-order chi connectivity index (χ1) is 9.25. The van der Waals surface area contributed by atoms with E-state index in [1.165, 1.54) is 5.56 Å². The minimum Gasteiger partial charge on any atom is -0.381 e. The second-order valence-electron chi connectivity index (χ2n) is 5.03. The van der Waals surface area contributed by atoms with Crippen LogP contribution < -0.4 is 11.1 Å². The predicted molar refractivity (Wildman–Crippen MR) is 74.7 cm³/mol. The van der Waals surface area contributed by atoms with Gasteiger partial charge < -0.3 is 15.8 Å². The number of benzene rings is 1. The van der Waals surface area contributed by atoms with E-state index in [1.54, 1.807) is 0 Å². The van der Waals surface area contributed by atoms with Gasteiger partial charge in [0.2, 0.25) is 5.91 Å². The summed E-state index contributed by atoms with van der Waals surface area (Å²) in [4.78, 5) is 12.0. The summed E-state index contributed by atoms with van der Waals surface area (Å²) in [5.74, 6) is -0.0390. The molecule has 1 atom stereocenters. The van der Waals surface area contributed by atoms with Crippen LogP contribution in [0.25, 0.3) is 0 Å². The van der Waals surface area contributed by atoms with Crippen LogP contribution in [0.3, 0.4) is 0 Å². The molecule has 1 aromatic carbocycles. The van der Waals surface area contributed by atoms with Gasteiger partial charge in [-0.25, -0.2) is 0 Å². The maximum absolute atomic E-state index is 12.0. The summed E-state index contributed by atoms with van der Waals surface area (Å²) in [5.41, 5.74) is 7.16. The largest absolute Gasteiger partial charge is 0.381 e. The second kappa shape index (κ2) is 7.26. The molecule has 2 rings (SSSR count). The highest BCUT2D eigenvalue weighted by Crippen LogP contribution is 2.08. The molecule has 3 N–H and O–H groups in total. The quantitative estimate of drug-likeness (QED) is 0.839. The molecule has 1 aliphatic heterocycles. The van der Waals surface area contributed by atoms with Crippen LogP contribution in [0, 0.1) is 0 Å². The molecule has 1 fully saturated rings. The Morgan fingerprint density at radius 2 is 2.00 bits per heavy atom. The lowest BCUT2D eigenvalue weighted by Crippen LogP contribution is -2.47. The highest BCUT2D eigenvalue weighted by molar-refractivity contribution is 5.81. The molecular weight excluding hydrogens is 240 g/mol. The Kier molecular flexibility index (Phi) is 5.36. The first-order valence-electron chi connectivity index (χ1n) is 6.93. The number of nitrogens with one attached hydrogen (secondary N) is 1. The third-order valence-electron chi connectivity index (χ3n) is 3.49. The molecule has 0 spiro atoms. The predicted octanol–water partition coefficient (Wildman–Crippen LogP) is 1.24. The maximum Gasteiger partial charge on any atom is 0.237 e. The van der Waals surface area contributed by atoms with Gasteiger partial charge in [-0.2, -0.15) is 0 Å². The Balaban J connectivity index is 1.72. The molecule has 1 saturated heterocycles. The van der Waals surface area contributed by atoms with E-state index >= 15 is 0 Å². The fourth-order valence-electron chi connectivity index (χ4n) is 2.25. The number of carbonyl (C=O) groups is 1. The zero-order valence-corrected chi connectivity index (χ0v) is 11.2. The van der Waals surface area contributed by atoms with Gasteiger partial charge in [0.05, 0.1) is 6.04 Å². The van der Waals surface area contributed by atoms with Crippen LogP contribution in [0.4, 0.5) is 0 Å². The van der Waals surface area contributed by atoms with Crippen LogP contribution in [-0.2, 0) is 16.0 Å². The van der Waals surface area contributed by atoms with E-state index in [-0.39, 0.29) is 11.9 Å². The lowest BCUT2D eigenvalue weighted by molar-refractivity contribution is -0.123. The number of rotatable bonds is 5. The standard InChI is InChI=1S/C15H22N2O2/c16-14(7-6-12-4-2-1-3-5-12)15(18)17-13-8-10-19-11-9-13/h1-5,13-14H,6-11,16H2,(H,17,18). The summed E-state index contributed by atoms with van der Waals surface area (Å²) in [6.07, 6.45) is 3.29. The second-order valence-corrected chi connectivity index (χ2v) is 5.03. The molecule has 1 aliphatic rings. The molecule has 0 aromatic heterocycles. The summed E-state index contributed by atoms with van der Waals surface area (Å²) in [6, 6.07) is 9.91. The Labute approximate surface area is 114 Å². The lowest BCUT2D eigenvalue weighted by atomic mass is 10.0. The molecule has 104 valence electrons. The van der Waals surface area contributed by atoms with Gasteiger partial charge in [-0.15, -0.1) is 0 Å². The minimum atomic E-state index is -0.428. The van der Waals surface area contributed by atoms with Crippen LogP contribution in [0.15, 0.2) is 30.3 Å². The molecule has 0 bridgehead atoms. The van der Waals surface area contributed by atoms with E-state index < -0.39 is 6.04 Å². The number of hydrogen-bond acceptors (Lipinski definition) is 3. The van der Waals surface area contributed by atoms with Crippen molar-refractivity contribution in [2.75, 3.05) is 13.2 Å². The Bertz CT molecular complexity index is 388. The third kappa shape index (κ3) is 4.65. The third-order valence-corrected chi connectivity index (χ3v) is 3.49. The average Bonchev–Trinajstić information content (AvgIpc) is 2.47. The van der Waals surface area contributed by atoms with E-state index in [2.05, 4.69) is 17.4 Å². The first-order valence-corrected chi connectivity index (χ1v) is 6.93.